The molecule has 1 heterocycles. The van der Waals surface area contributed by atoms with E-state index >= 15 is 0 Å². The maximum atomic E-state index is 12.6. The van der Waals surface area contributed by atoms with Crippen molar-refractivity contribution in [2.24, 2.45) is 0 Å². The molecule has 0 spiro atoms. The SMILES string of the molecule is CC(C)NS(=O)(=O)c1cccc(CNC(=O)c2ccc(=O)n(CCOc3ccccc3)n2)c1. The number of carbonyl (C=O) groups excluding carboxylic acids is 1. The van der Waals surface area contributed by atoms with E-state index < -0.39 is 15.9 Å². The van der Waals surface area contributed by atoms with Crippen LogP contribution in [0.3, 0.4) is 0 Å². The Hall–Kier alpha value is -3.50. The lowest BCUT2D eigenvalue weighted by Gasteiger charge is -2.11. The second kappa shape index (κ2) is 10.9. The van der Waals surface area contributed by atoms with E-state index in [9.17, 15) is 18.0 Å². The van der Waals surface area contributed by atoms with Crippen LogP contribution in [0.15, 0.2) is 76.4 Å². The number of hydrogen-bond donors (Lipinski definition) is 2. The molecule has 3 aromatic rings. The lowest BCUT2D eigenvalue weighted by Crippen LogP contribution is -2.31. The lowest BCUT2D eigenvalue weighted by molar-refractivity contribution is 0.0943. The predicted molar refractivity (Wildman–Crippen MR) is 124 cm³/mol. The third-order valence-corrected chi connectivity index (χ3v) is 6.12. The van der Waals surface area contributed by atoms with Crippen LogP contribution in [0.25, 0.3) is 0 Å². The summed E-state index contributed by atoms with van der Waals surface area (Å²) in [4.78, 5) is 24.7. The molecular weight excluding hydrogens is 444 g/mol. The number of amides is 1. The molecule has 2 N–H and O–H groups in total. The van der Waals surface area contributed by atoms with Gasteiger partial charge in [-0.1, -0.05) is 30.3 Å². The van der Waals surface area contributed by atoms with Gasteiger partial charge in [0.1, 0.15) is 18.1 Å². The van der Waals surface area contributed by atoms with Crippen LogP contribution in [0.4, 0.5) is 0 Å². The van der Waals surface area contributed by atoms with Crippen molar-refractivity contribution in [3.05, 3.63) is 88.3 Å². The molecule has 0 aliphatic heterocycles. The van der Waals surface area contributed by atoms with Gasteiger partial charge in [-0.25, -0.2) is 17.8 Å². The van der Waals surface area contributed by atoms with E-state index in [1.165, 1.54) is 28.9 Å². The summed E-state index contributed by atoms with van der Waals surface area (Å²) >= 11 is 0. The number of ether oxygens (including phenoxy) is 1. The molecule has 1 aromatic heterocycles. The molecule has 174 valence electrons. The zero-order valence-electron chi connectivity index (χ0n) is 18.4. The van der Waals surface area contributed by atoms with Crippen LogP contribution in [0.2, 0.25) is 0 Å². The van der Waals surface area contributed by atoms with Gasteiger partial charge >= 0.3 is 0 Å². The minimum absolute atomic E-state index is 0.0690. The zero-order valence-corrected chi connectivity index (χ0v) is 19.2. The fourth-order valence-corrected chi connectivity index (χ4v) is 4.29. The van der Waals surface area contributed by atoms with Crippen molar-refractivity contribution >= 4 is 15.9 Å². The molecule has 2 aromatic carbocycles. The maximum absolute atomic E-state index is 12.6. The first kappa shape index (κ1) is 24.1. The molecule has 0 bridgehead atoms. The van der Waals surface area contributed by atoms with Crippen LogP contribution >= 0.6 is 0 Å². The molecule has 0 radical (unpaired) electrons. The van der Waals surface area contributed by atoms with E-state index in [1.807, 2.05) is 18.2 Å². The summed E-state index contributed by atoms with van der Waals surface area (Å²) < 4.78 is 34.0. The summed E-state index contributed by atoms with van der Waals surface area (Å²) in [6, 6.07) is 17.9. The normalized spacial score (nSPS) is 11.4. The van der Waals surface area contributed by atoms with Gasteiger partial charge < -0.3 is 10.1 Å². The summed E-state index contributed by atoms with van der Waals surface area (Å²) in [7, 11) is -3.64. The van der Waals surface area contributed by atoms with Crippen LogP contribution < -0.4 is 20.3 Å². The minimum Gasteiger partial charge on any atom is -0.492 e. The second-order valence-corrected chi connectivity index (χ2v) is 9.26. The first-order valence-corrected chi connectivity index (χ1v) is 11.9. The van der Waals surface area contributed by atoms with Crippen molar-refractivity contribution in [3.8, 4) is 5.75 Å². The summed E-state index contributed by atoms with van der Waals surface area (Å²) in [5.41, 5.74) is 0.331. The average molecular weight is 471 g/mol. The van der Waals surface area contributed by atoms with Gasteiger partial charge in [0, 0.05) is 18.7 Å². The molecule has 0 saturated heterocycles. The number of hydrogen-bond acceptors (Lipinski definition) is 6. The van der Waals surface area contributed by atoms with Gasteiger partial charge in [-0.05, 0) is 49.7 Å². The number of nitrogens with one attached hydrogen (secondary N) is 2. The molecule has 0 aliphatic rings. The molecule has 1 amide bonds. The first-order valence-electron chi connectivity index (χ1n) is 10.4. The molecule has 0 atom stereocenters. The fourth-order valence-electron chi connectivity index (χ4n) is 2.97. The van der Waals surface area contributed by atoms with Crippen LogP contribution in [-0.4, -0.2) is 36.8 Å². The zero-order chi connectivity index (χ0) is 23.8. The Morgan fingerprint density at radius 3 is 2.55 bits per heavy atom. The van der Waals surface area contributed by atoms with Gasteiger partial charge in [0.15, 0.2) is 0 Å². The molecule has 9 nitrogen and oxygen atoms in total. The quantitative estimate of drug-likeness (QED) is 0.467. The predicted octanol–water partition coefficient (Wildman–Crippen LogP) is 1.94. The highest BCUT2D eigenvalue weighted by atomic mass is 32.2. The number of benzene rings is 2. The van der Waals surface area contributed by atoms with E-state index in [0.717, 1.165) is 0 Å². The second-order valence-electron chi connectivity index (χ2n) is 7.55. The fraction of sp³-hybridized carbons (Fsp3) is 0.261. The topological polar surface area (TPSA) is 119 Å². The maximum Gasteiger partial charge on any atom is 0.271 e. The van der Waals surface area contributed by atoms with Gasteiger partial charge in [0.25, 0.3) is 11.5 Å². The molecule has 0 saturated carbocycles. The van der Waals surface area contributed by atoms with Crippen LogP contribution in [0, 0.1) is 0 Å². The van der Waals surface area contributed by atoms with Crippen LogP contribution in [-0.2, 0) is 23.1 Å². The van der Waals surface area contributed by atoms with Crippen molar-refractivity contribution < 1.29 is 17.9 Å². The van der Waals surface area contributed by atoms with Crippen molar-refractivity contribution in [2.75, 3.05) is 6.61 Å². The minimum atomic E-state index is -3.64. The molecular formula is C23H26N4O5S. The molecule has 0 aliphatic carbocycles. The molecule has 0 unspecified atom stereocenters. The summed E-state index contributed by atoms with van der Waals surface area (Å²) in [5.74, 6) is 0.188. The van der Waals surface area contributed by atoms with Crippen LogP contribution in [0.5, 0.6) is 5.75 Å². The van der Waals surface area contributed by atoms with Gasteiger partial charge in [0.05, 0.1) is 11.4 Å². The summed E-state index contributed by atoms with van der Waals surface area (Å²) in [5, 5.41) is 6.81. The van der Waals surface area contributed by atoms with E-state index in [2.05, 4.69) is 15.1 Å². The summed E-state index contributed by atoms with van der Waals surface area (Å²) in [6.07, 6.45) is 0. The van der Waals surface area contributed by atoms with Gasteiger partial charge in [-0.15, -0.1) is 0 Å². The number of nitrogens with zero attached hydrogens (tertiary/aromatic N) is 2. The Kier molecular flexibility index (Phi) is 7.96. The average Bonchev–Trinajstić information content (AvgIpc) is 2.79. The Morgan fingerprint density at radius 2 is 1.82 bits per heavy atom. The lowest BCUT2D eigenvalue weighted by atomic mass is 10.2. The number of para-hydroxylation sites is 1. The van der Waals surface area contributed by atoms with Crippen molar-refractivity contribution in [1.29, 1.82) is 0 Å². The highest BCUT2D eigenvalue weighted by Crippen LogP contribution is 2.12. The van der Waals surface area contributed by atoms with E-state index in [1.54, 1.807) is 38.1 Å². The Morgan fingerprint density at radius 1 is 1.06 bits per heavy atom. The highest BCUT2D eigenvalue weighted by molar-refractivity contribution is 7.89. The van der Waals surface area contributed by atoms with Crippen molar-refractivity contribution in [1.82, 2.24) is 19.8 Å². The van der Waals surface area contributed by atoms with Gasteiger partial charge in [-0.2, -0.15) is 5.10 Å². The van der Waals surface area contributed by atoms with E-state index in [4.69, 9.17) is 4.74 Å². The standard InChI is InChI=1S/C23H26N4O5S/c1-17(2)26-33(30,31)20-10-6-7-18(15-20)16-24-23(29)21-11-12-22(28)27(25-21)13-14-32-19-8-4-3-5-9-19/h3-12,15,17,26H,13-14,16H2,1-2H3,(H,24,29). The molecule has 3 rings (SSSR count). The third kappa shape index (κ3) is 6.99. The number of carbonyl (C=O) groups is 1. The number of sulfonamides is 1. The van der Waals surface area contributed by atoms with Crippen molar-refractivity contribution in [2.45, 2.75) is 37.9 Å². The monoisotopic (exact) mass is 470 g/mol. The number of aromatic nitrogens is 2. The third-order valence-electron chi connectivity index (χ3n) is 4.47. The smallest absolute Gasteiger partial charge is 0.271 e. The van der Waals surface area contributed by atoms with Crippen LogP contribution in [0.1, 0.15) is 29.9 Å². The molecule has 10 heteroatoms. The van der Waals surface area contributed by atoms with E-state index in [-0.39, 0.29) is 41.9 Å². The van der Waals surface area contributed by atoms with Gasteiger partial charge in [-0.3, -0.25) is 9.59 Å². The Balaban J connectivity index is 1.62. The number of rotatable bonds is 10. The largest absolute Gasteiger partial charge is 0.492 e. The highest BCUT2D eigenvalue weighted by Gasteiger charge is 2.16. The molecule has 33 heavy (non-hydrogen) atoms. The molecule has 0 fully saturated rings. The Bertz CT molecular complexity index is 1260. The van der Waals surface area contributed by atoms with E-state index in [0.29, 0.717) is 11.3 Å². The summed E-state index contributed by atoms with van der Waals surface area (Å²) in [6.45, 7) is 3.97. The Labute approximate surface area is 192 Å². The van der Waals surface area contributed by atoms with Gasteiger partial charge in [0.2, 0.25) is 10.0 Å². The van der Waals surface area contributed by atoms with Crippen molar-refractivity contribution in [3.63, 3.8) is 0 Å². The first-order chi connectivity index (χ1) is 15.7.